The maximum Gasteiger partial charge on any atom is 0.573 e. The molecule has 2 rings (SSSR count). The lowest BCUT2D eigenvalue weighted by atomic mass is 9.99. The SMILES string of the molecule is COC(=O)C(=O)Cc1ccc(-c2cccc(OC(F)(F)F)c2)cc1[N+](=O)[O-]. The van der Waals surface area contributed by atoms with Gasteiger partial charge in [0, 0.05) is 18.1 Å². The number of ketones is 1. The summed E-state index contributed by atoms with van der Waals surface area (Å²) < 4.78 is 45.1. The molecule has 0 aliphatic heterocycles. The smallest absolute Gasteiger partial charge is 0.463 e. The van der Waals surface area contributed by atoms with Gasteiger partial charge >= 0.3 is 12.3 Å². The van der Waals surface area contributed by atoms with Gasteiger partial charge in [-0.3, -0.25) is 14.9 Å². The van der Waals surface area contributed by atoms with E-state index in [-0.39, 0.29) is 16.7 Å². The Kier molecular flexibility index (Phi) is 5.78. The predicted octanol–water partition coefficient (Wildman–Crippen LogP) is 3.45. The van der Waals surface area contributed by atoms with Crippen molar-refractivity contribution in [3.8, 4) is 16.9 Å². The van der Waals surface area contributed by atoms with E-state index in [1.165, 1.54) is 24.3 Å². The Morgan fingerprint density at radius 1 is 1.11 bits per heavy atom. The van der Waals surface area contributed by atoms with Gasteiger partial charge in [-0.2, -0.15) is 0 Å². The summed E-state index contributed by atoms with van der Waals surface area (Å²) in [6.45, 7) is 0. The molecule has 0 aromatic heterocycles. The minimum Gasteiger partial charge on any atom is -0.463 e. The van der Waals surface area contributed by atoms with E-state index in [4.69, 9.17) is 0 Å². The number of hydrogen-bond donors (Lipinski definition) is 0. The Bertz CT molecular complexity index is 894. The standard InChI is InChI=1S/C17H12F3NO6/c1-26-16(23)15(22)9-12-6-5-11(8-14(12)21(24)25)10-3-2-4-13(7-10)27-17(18,19)20/h2-8H,9H2,1H3. The lowest BCUT2D eigenvalue weighted by molar-refractivity contribution is -0.385. The zero-order chi connectivity index (χ0) is 20.2. The zero-order valence-corrected chi connectivity index (χ0v) is 13.8. The van der Waals surface area contributed by atoms with E-state index < -0.39 is 40.9 Å². The van der Waals surface area contributed by atoms with Crippen LogP contribution in [-0.4, -0.2) is 30.1 Å². The number of halogens is 3. The van der Waals surface area contributed by atoms with Gasteiger partial charge in [-0.05, 0) is 23.3 Å². The lowest BCUT2D eigenvalue weighted by Crippen LogP contribution is -2.18. The summed E-state index contributed by atoms with van der Waals surface area (Å²) in [6, 6.07) is 8.66. The number of nitro benzene ring substituents is 1. The average Bonchev–Trinajstić information content (AvgIpc) is 2.59. The summed E-state index contributed by atoms with van der Waals surface area (Å²) in [4.78, 5) is 33.4. The fraction of sp³-hybridized carbons (Fsp3) is 0.176. The van der Waals surface area contributed by atoms with Crippen LogP contribution in [0.15, 0.2) is 42.5 Å². The van der Waals surface area contributed by atoms with Gasteiger partial charge in [0.2, 0.25) is 5.78 Å². The van der Waals surface area contributed by atoms with Crippen LogP contribution in [0.4, 0.5) is 18.9 Å². The number of Topliss-reactive ketones (excluding diaryl/α,β-unsaturated/α-hetero) is 1. The molecule has 0 aliphatic carbocycles. The average molecular weight is 383 g/mol. The van der Waals surface area contributed by atoms with Crippen molar-refractivity contribution in [2.45, 2.75) is 12.8 Å². The molecule has 0 heterocycles. The number of rotatable bonds is 6. The van der Waals surface area contributed by atoms with Crippen molar-refractivity contribution in [2.24, 2.45) is 0 Å². The highest BCUT2D eigenvalue weighted by molar-refractivity contribution is 6.34. The summed E-state index contributed by atoms with van der Waals surface area (Å²) in [5, 5.41) is 11.3. The molecule has 0 bridgehead atoms. The van der Waals surface area contributed by atoms with Gasteiger partial charge in [0.05, 0.1) is 12.0 Å². The van der Waals surface area contributed by atoms with Gasteiger partial charge in [0.1, 0.15) is 5.75 Å². The van der Waals surface area contributed by atoms with Gasteiger partial charge in [0.25, 0.3) is 5.69 Å². The van der Waals surface area contributed by atoms with Gasteiger partial charge < -0.3 is 9.47 Å². The Morgan fingerprint density at radius 2 is 1.78 bits per heavy atom. The van der Waals surface area contributed by atoms with Crippen LogP contribution in [0.3, 0.4) is 0 Å². The molecule has 0 fully saturated rings. The van der Waals surface area contributed by atoms with E-state index >= 15 is 0 Å². The largest absolute Gasteiger partial charge is 0.573 e. The number of carbonyl (C=O) groups excluding carboxylic acids is 2. The number of nitro groups is 1. The van der Waals surface area contributed by atoms with Crippen molar-refractivity contribution in [3.05, 3.63) is 58.1 Å². The van der Waals surface area contributed by atoms with E-state index in [9.17, 15) is 32.9 Å². The Balaban J connectivity index is 2.38. The van der Waals surface area contributed by atoms with E-state index in [1.807, 2.05) is 0 Å². The molecule has 2 aromatic carbocycles. The van der Waals surface area contributed by atoms with Crippen LogP contribution in [0.25, 0.3) is 11.1 Å². The molecular formula is C17H12F3NO6. The number of benzene rings is 2. The highest BCUT2D eigenvalue weighted by atomic mass is 19.4. The minimum absolute atomic E-state index is 0.0261. The number of alkyl halides is 3. The number of nitrogens with zero attached hydrogens (tertiary/aromatic N) is 1. The molecule has 142 valence electrons. The first-order chi connectivity index (χ1) is 12.6. The minimum atomic E-state index is -4.87. The van der Waals surface area contributed by atoms with Crippen molar-refractivity contribution < 1.29 is 37.2 Å². The van der Waals surface area contributed by atoms with Gasteiger partial charge in [-0.25, -0.2) is 4.79 Å². The van der Waals surface area contributed by atoms with Crippen molar-refractivity contribution in [3.63, 3.8) is 0 Å². The molecule has 0 N–H and O–H groups in total. The van der Waals surface area contributed by atoms with Gasteiger partial charge in [-0.15, -0.1) is 13.2 Å². The van der Waals surface area contributed by atoms with Crippen LogP contribution in [0.1, 0.15) is 5.56 Å². The summed E-state index contributed by atoms with van der Waals surface area (Å²) in [6.07, 6.45) is -5.41. The third-order valence-electron chi connectivity index (χ3n) is 3.45. The molecule has 0 unspecified atom stereocenters. The fourth-order valence-electron chi connectivity index (χ4n) is 2.29. The molecule has 10 heteroatoms. The zero-order valence-electron chi connectivity index (χ0n) is 13.8. The van der Waals surface area contributed by atoms with Gasteiger partial charge in [0.15, 0.2) is 0 Å². The Hall–Kier alpha value is -3.43. The first kappa shape index (κ1) is 19.9. The molecule has 0 amide bonds. The maximum absolute atomic E-state index is 12.3. The second-order valence-electron chi connectivity index (χ2n) is 5.27. The van der Waals surface area contributed by atoms with Crippen LogP contribution in [0, 0.1) is 10.1 Å². The van der Waals surface area contributed by atoms with Crippen molar-refractivity contribution >= 4 is 17.4 Å². The molecule has 2 aromatic rings. The molecule has 27 heavy (non-hydrogen) atoms. The Labute approximate surface area is 150 Å². The summed E-state index contributed by atoms with van der Waals surface area (Å²) in [7, 11) is 1.01. The number of carbonyl (C=O) groups is 2. The van der Waals surface area contributed by atoms with E-state index in [1.54, 1.807) is 0 Å². The van der Waals surface area contributed by atoms with Crippen LogP contribution < -0.4 is 4.74 Å². The number of methoxy groups -OCH3 is 1. The monoisotopic (exact) mass is 383 g/mol. The van der Waals surface area contributed by atoms with Crippen LogP contribution >= 0.6 is 0 Å². The molecule has 0 saturated heterocycles. The van der Waals surface area contributed by atoms with Crippen molar-refractivity contribution in [2.75, 3.05) is 7.11 Å². The highest BCUT2D eigenvalue weighted by Gasteiger charge is 2.31. The summed E-state index contributed by atoms with van der Waals surface area (Å²) >= 11 is 0. The molecular weight excluding hydrogens is 371 g/mol. The molecule has 0 radical (unpaired) electrons. The molecule has 0 atom stereocenters. The molecule has 0 aliphatic rings. The number of hydrogen-bond acceptors (Lipinski definition) is 6. The van der Waals surface area contributed by atoms with Gasteiger partial charge in [-0.1, -0.05) is 24.3 Å². The summed E-state index contributed by atoms with van der Waals surface area (Å²) in [5.74, 6) is -2.58. The first-order valence-corrected chi connectivity index (χ1v) is 7.35. The van der Waals surface area contributed by atoms with E-state index in [0.29, 0.717) is 0 Å². The molecule has 7 nitrogen and oxygen atoms in total. The normalized spacial score (nSPS) is 11.0. The predicted molar refractivity (Wildman–Crippen MR) is 85.9 cm³/mol. The summed E-state index contributed by atoms with van der Waals surface area (Å²) in [5.41, 5.74) is 0.00280. The quantitative estimate of drug-likeness (QED) is 0.328. The van der Waals surface area contributed by atoms with Crippen LogP contribution in [-0.2, 0) is 20.7 Å². The third kappa shape index (κ3) is 5.27. The number of esters is 1. The number of ether oxygens (including phenoxy) is 2. The molecule has 0 saturated carbocycles. The van der Waals surface area contributed by atoms with Crippen molar-refractivity contribution in [1.29, 1.82) is 0 Å². The fourth-order valence-corrected chi connectivity index (χ4v) is 2.29. The topological polar surface area (TPSA) is 95.7 Å². The second kappa shape index (κ2) is 7.85. The maximum atomic E-state index is 12.3. The van der Waals surface area contributed by atoms with E-state index in [2.05, 4.69) is 9.47 Å². The second-order valence-corrected chi connectivity index (χ2v) is 5.27. The Morgan fingerprint density at radius 3 is 2.37 bits per heavy atom. The van der Waals surface area contributed by atoms with Crippen LogP contribution in [0.2, 0.25) is 0 Å². The highest BCUT2D eigenvalue weighted by Crippen LogP contribution is 2.31. The van der Waals surface area contributed by atoms with Crippen LogP contribution in [0.5, 0.6) is 5.75 Å². The first-order valence-electron chi connectivity index (χ1n) is 7.35. The molecule has 0 spiro atoms. The van der Waals surface area contributed by atoms with Crippen molar-refractivity contribution in [1.82, 2.24) is 0 Å². The third-order valence-corrected chi connectivity index (χ3v) is 3.45. The van der Waals surface area contributed by atoms with E-state index in [0.717, 1.165) is 25.3 Å². The lowest BCUT2D eigenvalue weighted by Gasteiger charge is -2.10.